The zero-order valence-electron chi connectivity index (χ0n) is 16.0. The van der Waals surface area contributed by atoms with Gasteiger partial charge in [0, 0.05) is 32.1 Å². The zero-order chi connectivity index (χ0) is 18.9. The van der Waals surface area contributed by atoms with Crippen LogP contribution in [0.4, 0.5) is 5.69 Å². The van der Waals surface area contributed by atoms with Gasteiger partial charge in [0.25, 0.3) is 0 Å². The van der Waals surface area contributed by atoms with Gasteiger partial charge in [0.2, 0.25) is 11.8 Å². The lowest BCUT2D eigenvalue weighted by Crippen LogP contribution is -2.36. The number of hydrogen-bond acceptors (Lipinski definition) is 4. The van der Waals surface area contributed by atoms with Crippen LogP contribution in [0.2, 0.25) is 0 Å². The van der Waals surface area contributed by atoms with Crippen molar-refractivity contribution in [2.45, 2.75) is 39.0 Å². The van der Waals surface area contributed by atoms with E-state index in [2.05, 4.69) is 10.6 Å². The van der Waals surface area contributed by atoms with Crippen LogP contribution in [0.25, 0.3) is 0 Å². The van der Waals surface area contributed by atoms with Crippen LogP contribution in [0, 0.1) is 18.8 Å². The highest BCUT2D eigenvalue weighted by Gasteiger charge is 2.30. The molecule has 0 aromatic heterocycles. The van der Waals surface area contributed by atoms with Gasteiger partial charge in [-0.1, -0.05) is 6.07 Å². The molecule has 1 saturated carbocycles. The fourth-order valence-corrected chi connectivity index (χ4v) is 3.34. The summed E-state index contributed by atoms with van der Waals surface area (Å²) in [5.41, 5.74) is 1.77. The Hall–Kier alpha value is -2.08. The van der Waals surface area contributed by atoms with Crippen molar-refractivity contribution >= 4 is 17.5 Å². The second-order valence-corrected chi connectivity index (χ2v) is 6.88. The minimum absolute atomic E-state index is 0.00727. The quantitative estimate of drug-likeness (QED) is 0.697. The van der Waals surface area contributed by atoms with Crippen LogP contribution in [-0.2, 0) is 14.3 Å². The summed E-state index contributed by atoms with van der Waals surface area (Å²) in [6.07, 6.45) is 3.78. The topological polar surface area (TPSA) is 76.7 Å². The molecule has 6 nitrogen and oxygen atoms in total. The van der Waals surface area contributed by atoms with Gasteiger partial charge in [0.15, 0.2) is 0 Å². The Labute approximate surface area is 155 Å². The van der Waals surface area contributed by atoms with E-state index in [0.717, 1.165) is 37.7 Å². The van der Waals surface area contributed by atoms with E-state index in [9.17, 15) is 9.59 Å². The first kappa shape index (κ1) is 20.2. The smallest absolute Gasteiger partial charge is 0.227 e. The summed E-state index contributed by atoms with van der Waals surface area (Å²) < 4.78 is 10.3. The van der Waals surface area contributed by atoms with E-state index < -0.39 is 0 Å². The highest BCUT2D eigenvalue weighted by molar-refractivity contribution is 5.94. The first-order valence-electron chi connectivity index (χ1n) is 9.27. The minimum Gasteiger partial charge on any atom is -0.495 e. The van der Waals surface area contributed by atoms with Gasteiger partial charge in [-0.05, 0) is 56.7 Å². The summed E-state index contributed by atoms with van der Waals surface area (Å²) >= 11 is 0. The first-order chi connectivity index (χ1) is 12.5. The molecule has 6 heteroatoms. The maximum Gasteiger partial charge on any atom is 0.227 e. The molecule has 0 atom stereocenters. The summed E-state index contributed by atoms with van der Waals surface area (Å²) in [5, 5.41) is 5.94. The van der Waals surface area contributed by atoms with Crippen LogP contribution >= 0.6 is 0 Å². The lowest BCUT2D eigenvalue weighted by Gasteiger charge is -2.27. The summed E-state index contributed by atoms with van der Waals surface area (Å²) in [4.78, 5) is 24.8. The Morgan fingerprint density at radius 2 is 1.73 bits per heavy atom. The molecule has 0 aliphatic heterocycles. The average Bonchev–Trinajstić information content (AvgIpc) is 2.65. The Morgan fingerprint density at radius 1 is 1.08 bits per heavy atom. The van der Waals surface area contributed by atoms with Gasteiger partial charge in [0.05, 0.1) is 12.8 Å². The monoisotopic (exact) mass is 362 g/mol. The molecule has 0 unspecified atom stereocenters. The average molecular weight is 362 g/mol. The van der Waals surface area contributed by atoms with Crippen molar-refractivity contribution in [3.8, 4) is 5.75 Å². The number of methoxy groups -OCH3 is 2. The predicted molar refractivity (Wildman–Crippen MR) is 101 cm³/mol. The molecule has 144 valence electrons. The number of carbonyl (C=O) groups excluding carboxylic acids is 2. The standard InChI is InChI=1S/C20H30N2O4/c1-14-5-10-18(26-3)17(13-14)22-20(24)16-8-6-15(7-9-16)19(23)21-11-4-12-25-2/h5,10,13,15-16H,4,6-9,11-12H2,1-3H3,(H,21,23)(H,22,24). The fourth-order valence-electron chi connectivity index (χ4n) is 3.34. The van der Waals surface area contributed by atoms with Gasteiger partial charge in [-0.3, -0.25) is 9.59 Å². The first-order valence-corrected chi connectivity index (χ1v) is 9.27. The van der Waals surface area contributed by atoms with Crippen molar-refractivity contribution < 1.29 is 19.1 Å². The van der Waals surface area contributed by atoms with Crippen LogP contribution < -0.4 is 15.4 Å². The molecule has 1 aromatic carbocycles. The normalized spacial score (nSPS) is 19.7. The lowest BCUT2D eigenvalue weighted by atomic mass is 9.81. The van der Waals surface area contributed by atoms with E-state index in [-0.39, 0.29) is 23.7 Å². The Balaban J connectivity index is 1.81. The van der Waals surface area contributed by atoms with Crippen molar-refractivity contribution in [1.29, 1.82) is 0 Å². The molecule has 0 radical (unpaired) electrons. The van der Waals surface area contributed by atoms with E-state index in [1.807, 2.05) is 25.1 Å². The number of carbonyl (C=O) groups is 2. The van der Waals surface area contributed by atoms with Crippen molar-refractivity contribution in [1.82, 2.24) is 5.32 Å². The molecular weight excluding hydrogens is 332 g/mol. The van der Waals surface area contributed by atoms with Crippen molar-refractivity contribution in [2.75, 3.05) is 32.7 Å². The SMILES string of the molecule is COCCCNC(=O)C1CCC(C(=O)Nc2cc(C)ccc2OC)CC1. The van der Waals surface area contributed by atoms with Gasteiger partial charge in [-0.2, -0.15) is 0 Å². The molecule has 2 rings (SSSR count). The maximum absolute atomic E-state index is 12.6. The van der Waals surface area contributed by atoms with E-state index in [1.54, 1.807) is 14.2 Å². The van der Waals surface area contributed by atoms with E-state index in [1.165, 1.54) is 0 Å². The third-order valence-electron chi connectivity index (χ3n) is 4.91. The highest BCUT2D eigenvalue weighted by Crippen LogP contribution is 2.31. The molecule has 0 saturated heterocycles. The van der Waals surface area contributed by atoms with Gasteiger partial charge in [-0.25, -0.2) is 0 Å². The molecule has 0 spiro atoms. The highest BCUT2D eigenvalue weighted by atomic mass is 16.5. The van der Waals surface area contributed by atoms with Gasteiger partial charge >= 0.3 is 0 Å². The summed E-state index contributed by atoms with van der Waals surface area (Å²) in [6, 6.07) is 5.72. The van der Waals surface area contributed by atoms with Crippen molar-refractivity contribution in [3.05, 3.63) is 23.8 Å². The summed E-state index contributed by atoms with van der Waals surface area (Å²) in [6.45, 7) is 3.27. The van der Waals surface area contributed by atoms with Crippen LogP contribution in [0.5, 0.6) is 5.75 Å². The Morgan fingerprint density at radius 3 is 2.35 bits per heavy atom. The largest absolute Gasteiger partial charge is 0.495 e. The van der Waals surface area contributed by atoms with E-state index in [4.69, 9.17) is 9.47 Å². The summed E-state index contributed by atoms with van der Waals surface area (Å²) in [5.74, 6) is 0.717. The number of amides is 2. The summed E-state index contributed by atoms with van der Waals surface area (Å²) in [7, 11) is 3.25. The molecule has 1 aliphatic carbocycles. The zero-order valence-corrected chi connectivity index (χ0v) is 16.0. The second-order valence-electron chi connectivity index (χ2n) is 6.88. The van der Waals surface area contributed by atoms with Gasteiger partial charge in [-0.15, -0.1) is 0 Å². The van der Waals surface area contributed by atoms with Gasteiger partial charge in [0.1, 0.15) is 5.75 Å². The molecule has 0 bridgehead atoms. The Kier molecular flexibility index (Phi) is 7.91. The van der Waals surface area contributed by atoms with Crippen LogP contribution in [0.15, 0.2) is 18.2 Å². The second kappa shape index (κ2) is 10.2. The Bertz CT molecular complexity index is 610. The number of hydrogen-bond donors (Lipinski definition) is 2. The third kappa shape index (κ3) is 5.73. The molecule has 1 aliphatic rings. The predicted octanol–water partition coefficient (Wildman–Crippen LogP) is 2.90. The maximum atomic E-state index is 12.6. The molecule has 0 heterocycles. The molecule has 2 N–H and O–H groups in total. The number of benzene rings is 1. The lowest BCUT2D eigenvalue weighted by molar-refractivity contribution is -0.128. The molecule has 2 amide bonds. The molecular formula is C20H30N2O4. The molecule has 1 fully saturated rings. The van der Waals surface area contributed by atoms with E-state index >= 15 is 0 Å². The number of rotatable bonds is 8. The van der Waals surface area contributed by atoms with Crippen molar-refractivity contribution in [3.63, 3.8) is 0 Å². The number of aryl methyl sites for hydroxylation is 1. The van der Waals surface area contributed by atoms with E-state index in [0.29, 0.717) is 24.6 Å². The molecule has 1 aromatic rings. The molecule has 26 heavy (non-hydrogen) atoms. The van der Waals surface area contributed by atoms with Gasteiger partial charge < -0.3 is 20.1 Å². The van der Waals surface area contributed by atoms with Crippen LogP contribution in [-0.4, -0.2) is 39.2 Å². The minimum atomic E-state index is -0.0576. The number of nitrogens with one attached hydrogen (secondary N) is 2. The van der Waals surface area contributed by atoms with Crippen LogP contribution in [0.3, 0.4) is 0 Å². The van der Waals surface area contributed by atoms with Crippen molar-refractivity contribution in [2.24, 2.45) is 11.8 Å². The third-order valence-corrected chi connectivity index (χ3v) is 4.91. The van der Waals surface area contributed by atoms with Crippen LogP contribution in [0.1, 0.15) is 37.7 Å². The number of ether oxygens (including phenoxy) is 2. The number of anilines is 1. The fraction of sp³-hybridized carbons (Fsp3) is 0.600.